The molecule has 1 N–H and O–H groups in total. The first-order valence-electron chi connectivity index (χ1n) is 7.36. The lowest BCUT2D eigenvalue weighted by Gasteiger charge is -2.26. The molecule has 112 valence electrons. The molecule has 22 heavy (non-hydrogen) atoms. The number of nitrogens with zero attached hydrogens (tertiary/aromatic N) is 3. The number of rotatable bonds is 2. The largest absolute Gasteiger partial charge is 0.361 e. The first-order valence-corrected chi connectivity index (χ1v) is 7.36. The summed E-state index contributed by atoms with van der Waals surface area (Å²) in [6.07, 6.45) is 3.19. The molecule has 1 aliphatic rings. The van der Waals surface area contributed by atoms with Crippen molar-refractivity contribution in [1.29, 1.82) is 0 Å². The van der Waals surface area contributed by atoms with Crippen LogP contribution in [0.15, 0.2) is 35.0 Å². The Morgan fingerprint density at radius 3 is 3.14 bits per heavy atom. The quantitative estimate of drug-likeness (QED) is 0.788. The lowest BCUT2D eigenvalue weighted by atomic mass is 9.96. The number of carbonyl (C=O) groups is 1. The number of H-pyrrole nitrogens is 1. The van der Waals surface area contributed by atoms with Gasteiger partial charge in [-0.1, -0.05) is 17.3 Å². The number of piperidine rings is 1. The number of benzene rings is 1. The van der Waals surface area contributed by atoms with Crippen LogP contribution in [0.1, 0.15) is 24.7 Å². The average Bonchev–Trinajstić information content (AvgIpc) is 3.18. The van der Waals surface area contributed by atoms with E-state index in [2.05, 4.69) is 15.1 Å². The second-order valence-electron chi connectivity index (χ2n) is 5.71. The van der Waals surface area contributed by atoms with Crippen LogP contribution >= 0.6 is 0 Å². The average molecular weight is 296 g/mol. The number of carbonyl (C=O) groups excluding carboxylic acids is 1. The zero-order chi connectivity index (χ0) is 15.1. The van der Waals surface area contributed by atoms with Crippen LogP contribution in [0.2, 0.25) is 0 Å². The number of nitrogens with one attached hydrogen (secondary N) is 1. The maximum atomic E-state index is 11.8. The molecule has 0 bridgehead atoms. The fourth-order valence-electron chi connectivity index (χ4n) is 2.94. The predicted octanol–water partition coefficient (Wildman–Crippen LogP) is 2.55. The molecule has 3 aromatic rings. The monoisotopic (exact) mass is 296 g/mol. The highest BCUT2D eigenvalue weighted by atomic mass is 16.5. The SMILES string of the molecule is CN1CCC(c2nc(-c3cccc4[nH]ccc34)no2)CC1=O. The zero-order valence-electron chi connectivity index (χ0n) is 12.2. The van der Waals surface area contributed by atoms with Crippen LogP contribution in [0, 0.1) is 0 Å². The molecule has 2 aromatic heterocycles. The third-order valence-corrected chi connectivity index (χ3v) is 4.29. The molecule has 0 spiro atoms. The summed E-state index contributed by atoms with van der Waals surface area (Å²) >= 11 is 0. The summed E-state index contributed by atoms with van der Waals surface area (Å²) in [7, 11) is 1.82. The van der Waals surface area contributed by atoms with Crippen molar-refractivity contribution < 1.29 is 9.32 Å². The van der Waals surface area contributed by atoms with Gasteiger partial charge in [-0.05, 0) is 18.6 Å². The number of amides is 1. The van der Waals surface area contributed by atoms with Gasteiger partial charge in [0, 0.05) is 48.6 Å². The molecule has 1 unspecified atom stereocenters. The Morgan fingerprint density at radius 1 is 1.36 bits per heavy atom. The van der Waals surface area contributed by atoms with E-state index in [9.17, 15) is 4.79 Å². The normalized spacial score (nSPS) is 19.0. The molecular formula is C16H16N4O2. The van der Waals surface area contributed by atoms with Gasteiger partial charge in [0.2, 0.25) is 17.6 Å². The lowest BCUT2D eigenvalue weighted by molar-refractivity contribution is -0.132. The number of hydrogen-bond acceptors (Lipinski definition) is 4. The van der Waals surface area contributed by atoms with Gasteiger partial charge in [0.05, 0.1) is 0 Å². The first kappa shape index (κ1) is 13.1. The smallest absolute Gasteiger partial charge is 0.230 e. The second kappa shape index (κ2) is 4.98. The summed E-state index contributed by atoms with van der Waals surface area (Å²) in [6, 6.07) is 7.95. The molecular weight excluding hydrogens is 280 g/mol. The summed E-state index contributed by atoms with van der Waals surface area (Å²) in [5, 5.41) is 5.17. The van der Waals surface area contributed by atoms with E-state index in [1.54, 1.807) is 4.90 Å². The number of aromatic amines is 1. The first-order chi connectivity index (χ1) is 10.7. The van der Waals surface area contributed by atoms with Gasteiger partial charge >= 0.3 is 0 Å². The van der Waals surface area contributed by atoms with Gasteiger partial charge in [-0.2, -0.15) is 4.98 Å². The summed E-state index contributed by atoms with van der Waals surface area (Å²) in [4.78, 5) is 21.3. The number of aromatic nitrogens is 3. The molecule has 1 fully saturated rings. The molecule has 1 amide bonds. The summed E-state index contributed by atoms with van der Waals surface area (Å²) < 4.78 is 5.43. The molecule has 0 aliphatic carbocycles. The van der Waals surface area contributed by atoms with Crippen molar-refractivity contribution in [3.8, 4) is 11.4 Å². The van der Waals surface area contributed by atoms with E-state index in [-0.39, 0.29) is 11.8 Å². The number of likely N-dealkylation sites (tertiary alicyclic amines) is 1. The van der Waals surface area contributed by atoms with E-state index in [4.69, 9.17) is 4.52 Å². The van der Waals surface area contributed by atoms with Gasteiger partial charge in [-0.3, -0.25) is 4.79 Å². The Labute approximate surface area is 127 Å². The summed E-state index contributed by atoms with van der Waals surface area (Å²) in [5.74, 6) is 1.29. The summed E-state index contributed by atoms with van der Waals surface area (Å²) in [6.45, 7) is 0.731. The van der Waals surface area contributed by atoms with Crippen molar-refractivity contribution >= 4 is 16.8 Å². The lowest BCUT2D eigenvalue weighted by Crippen LogP contribution is -2.34. The topological polar surface area (TPSA) is 75.0 Å². The van der Waals surface area contributed by atoms with Crippen LogP contribution in [0.25, 0.3) is 22.3 Å². The van der Waals surface area contributed by atoms with E-state index in [1.807, 2.05) is 37.5 Å². The Kier molecular flexibility index (Phi) is 2.96. The van der Waals surface area contributed by atoms with Crippen LogP contribution < -0.4 is 0 Å². The Morgan fingerprint density at radius 2 is 2.27 bits per heavy atom. The van der Waals surface area contributed by atoms with Gasteiger partial charge < -0.3 is 14.4 Å². The Hall–Kier alpha value is -2.63. The third kappa shape index (κ3) is 2.07. The third-order valence-electron chi connectivity index (χ3n) is 4.29. The standard InChI is InChI=1S/C16H16N4O2/c1-20-8-6-10(9-14(20)21)16-18-15(19-22-16)12-3-2-4-13-11(12)5-7-17-13/h2-5,7,10,17H,6,8-9H2,1H3. The molecule has 0 radical (unpaired) electrons. The molecule has 3 heterocycles. The van der Waals surface area contributed by atoms with Crippen LogP contribution in [-0.4, -0.2) is 39.5 Å². The minimum absolute atomic E-state index is 0.0235. The van der Waals surface area contributed by atoms with Crippen LogP contribution in [0.4, 0.5) is 0 Å². The second-order valence-corrected chi connectivity index (χ2v) is 5.71. The maximum absolute atomic E-state index is 11.8. The molecule has 1 saturated heterocycles. The molecule has 4 rings (SSSR count). The van der Waals surface area contributed by atoms with Crippen molar-refractivity contribution in [3.63, 3.8) is 0 Å². The highest BCUT2D eigenvalue weighted by molar-refractivity contribution is 5.93. The van der Waals surface area contributed by atoms with Crippen molar-refractivity contribution in [2.45, 2.75) is 18.8 Å². The molecule has 1 aromatic carbocycles. The van der Waals surface area contributed by atoms with E-state index in [1.165, 1.54) is 0 Å². The van der Waals surface area contributed by atoms with E-state index < -0.39 is 0 Å². The van der Waals surface area contributed by atoms with Crippen molar-refractivity contribution in [3.05, 3.63) is 36.4 Å². The van der Waals surface area contributed by atoms with Gasteiger partial charge in [0.15, 0.2) is 0 Å². The fourth-order valence-corrected chi connectivity index (χ4v) is 2.94. The molecule has 1 atom stereocenters. The number of hydrogen-bond donors (Lipinski definition) is 1. The van der Waals surface area contributed by atoms with Gasteiger partial charge in [0.25, 0.3) is 0 Å². The van der Waals surface area contributed by atoms with Gasteiger partial charge in [0.1, 0.15) is 0 Å². The van der Waals surface area contributed by atoms with Crippen LogP contribution in [0.3, 0.4) is 0 Å². The molecule has 6 nitrogen and oxygen atoms in total. The zero-order valence-corrected chi connectivity index (χ0v) is 12.2. The fraction of sp³-hybridized carbons (Fsp3) is 0.312. The van der Waals surface area contributed by atoms with Gasteiger partial charge in [-0.15, -0.1) is 0 Å². The highest BCUT2D eigenvalue weighted by Gasteiger charge is 2.29. The van der Waals surface area contributed by atoms with Crippen LogP contribution in [-0.2, 0) is 4.79 Å². The number of fused-ring (bicyclic) bond motifs is 1. The Balaban J connectivity index is 1.67. The van der Waals surface area contributed by atoms with E-state index in [0.29, 0.717) is 18.1 Å². The minimum atomic E-state index is 0.0235. The minimum Gasteiger partial charge on any atom is -0.361 e. The summed E-state index contributed by atoms with van der Waals surface area (Å²) in [5.41, 5.74) is 1.98. The maximum Gasteiger partial charge on any atom is 0.230 e. The van der Waals surface area contributed by atoms with E-state index >= 15 is 0 Å². The van der Waals surface area contributed by atoms with Crippen molar-refractivity contribution in [2.75, 3.05) is 13.6 Å². The Bertz CT molecular complexity index is 835. The molecule has 1 aliphatic heterocycles. The van der Waals surface area contributed by atoms with Crippen molar-refractivity contribution in [2.24, 2.45) is 0 Å². The predicted molar refractivity (Wildman–Crippen MR) is 81.2 cm³/mol. The highest BCUT2D eigenvalue weighted by Crippen LogP contribution is 2.30. The van der Waals surface area contributed by atoms with E-state index in [0.717, 1.165) is 29.4 Å². The van der Waals surface area contributed by atoms with Gasteiger partial charge in [-0.25, -0.2) is 0 Å². The van der Waals surface area contributed by atoms with Crippen LogP contribution in [0.5, 0.6) is 0 Å². The molecule has 0 saturated carbocycles. The molecule has 6 heteroatoms. The van der Waals surface area contributed by atoms with Crippen molar-refractivity contribution in [1.82, 2.24) is 20.0 Å².